The van der Waals surface area contributed by atoms with Gasteiger partial charge < -0.3 is 17.0 Å². The van der Waals surface area contributed by atoms with Gasteiger partial charge in [0.25, 0.3) is 0 Å². The van der Waals surface area contributed by atoms with Crippen LogP contribution in [0.2, 0.25) is 0 Å². The summed E-state index contributed by atoms with van der Waals surface area (Å²) in [5, 5.41) is 0. The molecule has 0 bridgehead atoms. The van der Waals surface area contributed by atoms with Crippen molar-refractivity contribution >= 4 is 5.78 Å². The lowest BCUT2D eigenvalue weighted by Crippen LogP contribution is -3.00. The number of carbonyl (C=O) groups excluding carboxylic acids is 1. The molecule has 2 nitrogen and oxygen atoms in total. The predicted octanol–water partition coefficient (Wildman–Crippen LogP) is 1.40. The number of hydrogen-bond donors (Lipinski definition) is 0. The van der Waals surface area contributed by atoms with Gasteiger partial charge in [0.05, 0.1) is 0 Å². The fourth-order valence-corrected chi connectivity index (χ4v) is 2.77. The number of rotatable bonds is 5. The van der Waals surface area contributed by atoms with E-state index in [0.29, 0.717) is 6.54 Å². The van der Waals surface area contributed by atoms with E-state index in [4.69, 9.17) is 0 Å². The van der Waals surface area contributed by atoms with Gasteiger partial charge in [0.15, 0.2) is 11.9 Å². The zero-order chi connectivity index (χ0) is 16.9. The Balaban J connectivity index is 0.00000225. The molecule has 1 aromatic heterocycles. The number of ketones is 1. The maximum atomic E-state index is 12.6. The first-order chi connectivity index (χ1) is 11.7. The fraction of sp³-hybridized carbons (Fsp3) is 0.182. The Morgan fingerprint density at radius 2 is 1.52 bits per heavy atom. The number of benzene rings is 2. The van der Waals surface area contributed by atoms with Crippen LogP contribution in [0.25, 0.3) is 11.1 Å². The second kappa shape index (κ2) is 8.72. The van der Waals surface area contributed by atoms with Crippen LogP contribution in [0.3, 0.4) is 0 Å². The van der Waals surface area contributed by atoms with Gasteiger partial charge in [-0.05, 0) is 23.6 Å². The lowest BCUT2D eigenvalue weighted by Gasteiger charge is -2.05. The Labute approximate surface area is 159 Å². The zero-order valence-electron chi connectivity index (χ0n) is 14.6. The Bertz CT molecular complexity index is 842. The molecule has 0 saturated heterocycles. The van der Waals surface area contributed by atoms with Gasteiger partial charge in [-0.1, -0.05) is 61.5 Å². The third-order valence-electron chi connectivity index (χ3n) is 4.35. The van der Waals surface area contributed by atoms with Gasteiger partial charge in [0.2, 0.25) is 12.3 Å². The molecule has 0 atom stereocenters. The van der Waals surface area contributed by atoms with Crippen LogP contribution >= 0.6 is 0 Å². The highest BCUT2D eigenvalue weighted by molar-refractivity contribution is 5.95. The second-order valence-electron chi connectivity index (χ2n) is 6.03. The average molecular weight is 396 g/mol. The summed E-state index contributed by atoms with van der Waals surface area (Å²) in [6, 6.07) is 22.3. The molecule has 2 aromatic carbocycles. The van der Waals surface area contributed by atoms with E-state index < -0.39 is 0 Å². The SMILES string of the molecule is CCc1ccc(C)[n+](CC(=O)c2ccc(-c3ccccc3)cc2)c1.[Br-]. The minimum Gasteiger partial charge on any atom is -1.00 e. The van der Waals surface area contributed by atoms with Crippen molar-refractivity contribution in [3.8, 4) is 11.1 Å². The fourth-order valence-electron chi connectivity index (χ4n) is 2.77. The van der Waals surface area contributed by atoms with Crippen LogP contribution in [-0.2, 0) is 13.0 Å². The molecule has 0 radical (unpaired) electrons. The Hall–Kier alpha value is -2.26. The molecule has 1 heterocycles. The maximum Gasteiger partial charge on any atom is 0.227 e. The molecule has 25 heavy (non-hydrogen) atoms. The molecule has 0 spiro atoms. The van der Waals surface area contributed by atoms with Gasteiger partial charge in [-0.2, -0.15) is 4.57 Å². The molecule has 0 N–H and O–H groups in total. The number of nitrogens with zero attached hydrogens (tertiary/aromatic N) is 1. The van der Waals surface area contributed by atoms with Crippen molar-refractivity contribution in [1.82, 2.24) is 0 Å². The monoisotopic (exact) mass is 395 g/mol. The van der Waals surface area contributed by atoms with Crippen LogP contribution in [-0.4, -0.2) is 5.78 Å². The van der Waals surface area contributed by atoms with Crippen LogP contribution < -0.4 is 21.5 Å². The first-order valence-corrected chi connectivity index (χ1v) is 8.35. The van der Waals surface area contributed by atoms with Crippen molar-refractivity contribution < 1.29 is 26.3 Å². The molecular weight excluding hydrogens is 374 g/mol. The Kier molecular flexibility index (Phi) is 6.65. The van der Waals surface area contributed by atoms with Crippen LogP contribution in [0.4, 0.5) is 0 Å². The van der Waals surface area contributed by atoms with Crippen molar-refractivity contribution in [2.24, 2.45) is 0 Å². The van der Waals surface area contributed by atoms with Gasteiger partial charge in [-0.3, -0.25) is 4.79 Å². The van der Waals surface area contributed by atoms with Crippen molar-refractivity contribution in [2.75, 3.05) is 0 Å². The molecule has 3 rings (SSSR count). The van der Waals surface area contributed by atoms with Crippen LogP contribution in [0.5, 0.6) is 0 Å². The normalized spacial score (nSPS) is 10.2. The standard InChI is InChI=1S/C22H22NO.BrH/c1-3-18-10-9-17(2)23(15-18)16-22(24)21-13-11-20(12-14-21)19-7-5-4-6-8-19;/h4-15H,3,16H2,1-2H3;1H/q+1;/p-1. The summed E-state index contributed by atoms with van der Waals surface area (Å²) >= 11 is 0. The van der Waals surface area contributed by atoms with Crippen LogP contribution in [0.1, 0.15) is 28.5 Å². The summed E-state index contributed by atoms with van der Waals surface area (Å²) in [7, 11) is 0. The number of Topliss-reactive ketones (excluding diaryl/α,β-unsaturated/α-hetero) is 1. The van der Waals surface area contributed by atoms with E-state index in [1.807, 2.05) is 54.0 Å². The van der Waals surface area contributed by atoms with E-state index in [1.54, 1.807) is 0 Å². The van der Waals surface area contributed by atoms with E-state index in [0.717, 1.165) is 28.8 Å². The number of aryl methyl sites for hydroxylation is 2. The van der Waals surface area contributed by atoms with E-state index in [1.165, 1.54) is 5.56 Å². The minimum absolute atomic E-state index is 0. The number of pyridine rings is 1. The van der Waals surface area contributed by atoms with Crippen LogP contribution in [0, 0.1) is 6.92 Å². The summed E-state index contributed by atoms with van der Waals surface area (Å²) in [5.41, 5.74) is 5.39. The van der Waals surface area contributed by atoms with Crippen molar-refractivity contribution in [1.29, 1.82) is 0 Å². The molecular formula is C22H22BrNO. The minimum atomic E-state index is 0. The first kappa shape index (κ1) is 19.1. The summed E-state index contributed by atoms with van der Waals surface area (Å²) in [4.78, 5) is 12.6. The van der Waals surface area contributed by atoms with E-state index in [9.17, 15) is 4.79 Å². The number of carbonyl (C=O) groups is 1. The van der Waals surface area contributed by atoms with Gasteiger partial charge in [0.1, 0.15) is 0 Å². The van der Waals surface area contributed by atoms with Crippen LogP contribution in [0.15, 0.2) is 72.9 Å². The van der Waals surface area contributed by atoms with Gasteiger partial charge in [0, 0.05) is 24.1 Å². The smallest absolute Gasteiger partial charge is 0.227 e. The number of halogens is 1. The molecule has 0 fully saturated rings. The van der Waals surface area contributed by atoms with Crippen molar-refractivity contribution in [3.05, 3.63) is 89.7 Å². The summed E-state index contributed by atoms with van der Waals surface area (Å²) in [5.74, 6) is 0.135. The third-order valence-corrected chi connectivity index (χ3v) is 4.35. The highest BCUT2D eigenvalue weighted by atomic mass is 79.9. The summed E-state index contributed by atoms with van der Waals surface area (Å²) < 4.78 is 2.03. The van der Waals surface area contributed by atoms with E-state index in [-0.39, 0.29) is 22.8 Å². The molecule has 0 aliphatic heterocycles. The maximum absolute atomic E-state index is 12.6. The van der Waals surface area contributed by atoms with E-state index in [2.05, 4.69) is 37.4 Å². The summed E-state index contributed by atoms with van der Waals surface area (Å²) in [6.45, 7) is 4.54. The van der Waals surface area contributed by atoms with E-state index >= 15 is 0 Å². The molecule has 128 valence electrons. The predicted molar refractivity (Wildman–Crippen MR) is 97.0 cm³/mol. The summed E-state index contributed by atoms with van der Waals surface area (Å²) in [6.07, 6.45) is 3.05. The largest absolute Gasteiger partial charge is 1.00 e. The molecule has 0 unspecified atom stereocenters. The Morgan fingerprint density at radius 3 is 2.16 bits per heavy atom. The average Bonchev–Trinajstić information content (AvgIpc) is 2.64. The molecule has 0 aliphatic rings. The molecule has 0 amide bonds. The van der Waals surface area contributed by atoms with Crippen molar-refractivity contribution in [2.45, 2.75) is 26.8 Å². The number of hydrogen-bond acceptors (Lipinski definition) is 1. The lowest BCUT2D eigenvalue weighted by molar-refractivity contribution is -0.689. The lowest BCUT2D eigenvalue weighted by atomic mass is 10.0. The van der Waals surface area contributed by atoms with Crippen molar-refractivity contribution in [3.63, 3.8) is 0 Å². The van der Waals surface area contributed by atoms with Gasteiger partial charge in [-0.25, -0.2) is 0 Å². The molecule has 0 aliphatic carbocycles. The molecule has 3 heteroatoms. The first-order valence-electron chi connectivity index (χ1n) is 8.35. The molecule has 0 saturated carbocycles. The highest BCUT2D eigenvalue weighted by Gasteiger charge is 2.15. The zero-order valence-corrected chi connectivity index (χ0v) is 16.2. The molecule has 3 aromatic rings. The quantitative estimate of drug-likeness (QED) is 0.472. The number of aromatic nitrogens is 1. The topological polar surface area (TPSA) is 20.9 Å². The highest BCUT2D eigenvalue weighted by Crippen LogP contribution is 2.19. The second-order valence-corrected chi connectivity index (χ2v) is 6.03. The van der Waals surface area contributed by atoms with Gasteiger partial charge >= 0.3 is 0 Å². The third kappa shape index (κ3) is 4.64. The van der Waals surface area contributed by atoms with Gasteiger partial charge in [-0.15, -0.1) is 0 Å². The Morgan fingerprint density at radius 1 is 0.880 bits per heavy atom.